The molecule has 0 aromatic carbocycles. The van der Waals surface area contributed by atoms with Crippen molar-refractivity contribution in [3.63, 3.8) is 0 Å². The van der Waals surface area contributed by atoms with Crippen molar-refractivity contribution in [1.82, 2.24) is 40.0 Å². The fraction of sp³-hybridized carbons (Fsp3) is 0.815. The van der Waals surface area contributed by atoms with Gasteiger partial charge in [-0.15, -0.1) is 26.2 Å². The second kappa shape index (κ2) is 65.9. The molecule has 9 aliphatic heterocycles. The standard InChI is InChI=1S/C13H25N3O.C9H18N2.2C9H17N2.C5H9NO.C4H10.2C4H9.2C4H6.4Li/c1-14-7-4-13(17)16-10-5-12(6-11-16)15-8-2-3-9-15;3*1-2-8-11(7-1)9-3-5-10-6-4-9;1-6-4-2-3-5(6)7;5*1-3-4-2;;;;/h12,14H,2-11H2,1H3;9-10H,1-8H2;2*9H,1-8H2;2-4H2,1H3;3-4H2,1-2H3;2*1,3-4H2,2H3;2*3-4H,1-2H2;;;;/q;;2*-1;;;2*-1;;;4*+1. The quantitative estimate of drug-likeness (QED) is 0.168. The predicted octanol–water partition coefficient (Wildman–Crippen LogP) is 0.772. The van der Waals surface area contributed by atoms with Crippen LogP contribution in [0.25, 0.3) is 10.6 Å². The van der Waals surface area contributed by atoms with E-state index in [9.17, 15) is 9.59 Å². The summed E-state index contributed by atoms with van der Waals surface area (Å²) in [7, 11) is 3.74. The Labute approximate surface area is 552 Å². The van der Waals surface area contributed by atoms with Gasteiger partial charge in [0.2, 0.25) is 11.8 Å². The van der Waals surface area contributed by atoms with Crippen LogP contribution in [0, 0.1) is 13.8 Å². The summed E-state index contributed by atoms with van der Waals surface area (Å²) < 4.78 is 0. The van der Waals surface area contributed by atoms with Gasteiger partial charge in [0.1, 0.15) is 0 Å². The van der Waals surface area contributed by atoms with Gasteiger partial charge in [-0.25, -0.2) is 0 Å². The number of nitrogens with zero attached hydrogens (tertiary/aromatic N) is 8. The van der Waals surface area contributed by atoms with E-state index in [0.29, 0.717) is 18.2 Å². The van der Waals surface area contributed by atoms with Gasteiger partial charge in [-0.2, -0.15) is 12.8 Å². The van der Waals surface area contributed by atoms with Crippen LogP contribution < -0.4 is 86.1 Å². The van der Waals surface area contributed by atoms with Crippen LogP contribution in [0.15, 0.2) is 50.6 Å². The second-order valence-corrected chi connectivity index (χ2v) is 21.8. The SMILES string of the molecule is C1CCN(C2CCNCC2)C1.C1CCN(C2CC[N-]CC2)C1.C1CCN(C2CC[N-]CC2)C1.C=CC=C.C=CC=C.CCCC.CN1CCCC1=O.CNCCC(=O)N1CCC(N2CCCC2)CC1.[CH2-]CCC.[CH2-]CCC.[Li+].[Li+].[Li+].[Li+]. The number of piperidine rings is 4. The Morgan fingerprint density at radius 3 is 1.06 bits per heavy atom. The molecule has 0 saturated carbocycles. The number of carbonyl (C=O) groups excluding carboxylic acids is 2. The number of allylic oxidation sites excluding steroid dienone is 4. The minimum atomic E-state index is 0. The normalized spacial score (nSPS) is 20.3. The van der Waals surface area contributed by atoms with Crippen molar-refractivity contribution in [2.45, 2.75) is 212 Å². The summed E-state index contributed by atoms with van der Waals surface area (Å²) in [5.41, 5.74) is 0. The van der Waals surface area contributed by atoms with Gasteiger partial charge in [-0.1, -0.05) is 130 Å². The summed E-state index contributed by atoms with van der Waals surface area (Å²) in [5, 5.41) is 15.2. The fourth-order valence-electron chi connectivity index (χ4n) is 10.5. The summed E-state index contributed by atoms with van der Waals surface area (Å²) in [6, 6.07) is 3.43. The molecule has 12 nitrogen and oxygen atoms in total. The average Bonchev–Trinajstić information content (AvgIpc) is 4.39. The van der Waals surface area contributed by atoms with Crippen molar-refractivity contribution >= 4 is 11.8 Å². The van der Waals surface area contributed by atoms with E-state index in [4.69, 9.17) is 0 Å². The number of unbranched alkanes of at least 4 members (excludes halogenated alkanes) is 3. The maximum atomic E-state index is 11.9. The van der Waals surface area contributed by atoms with Crippen LogP contribution >= 0.6 is 0 Å². The van der Waals surface area contributed by atoms with Gasteiger partial charge in [-0.3, -0.25) is 9.59 Å². The van der Waals surface area contributed by atoms with Gasteiger partial charge in [0.25, 0.3) is 0 Å². The second-order valence-electron chi connectivity index (χ2n) is 21.8. The smallest absolute Gasteiger partial charge is 0.662 e. The third kappa shape index (κ3) is 47.7. The molecule has 9 saturated heterocycles. The van der Waals surface area contributed by atoms with Crippen molar-refractivity contribution < 1.29 is 85.0 Å². The Morgan fingerprint density at radius 1 is 0.519 bits per heavy atom. The number of likely N-dealkylation sites (tertiary alicyclic amines) is 6. The predicted molar refractivity (Wildman–Crippen MR) is 338 cm³/mol. The fourth-order valence-corrected chi connectivity index (χ4v) is 10.5. The Bertz CT molecular complexity index is 1250. The van der Waals surface area contributed by atoms with Crippen molar-refractivity contribution in [3.05, 3.63) is 75.1 Å². The molecule has 0 aromatic rings. The molecule has 0 radical (unpaired) electrons. The maximum Gasteiger partial charge on any atom is 1.00 e. The third-order valence-corrected chi connectivity index (χ3v) is 15.7. The van der Waals surface area contributed by atoms with Crippen molar-refractivity contribution in [2.24, 2.45) is 0 Å². The van der Waals surface area contributed by atoms with E-state index in [1.807, 2.05) is 19.0 Å². The van der Waals surface area contributed by atoms with Gasteiger partial charge < -0.3 is 64.5 Å². The number of amides is 2. The van der Waals surface area contributed by atoms with E-state index in [1.54, 1.807) is 29.2 Å². The summed E-state index contributed by atoms with van der Waals surface area (Å²) in [5.74, 6) is 0.610. The zero-order chi connectivity index (χ0) is 57.0. The van der Waals surface area contributed by atoms with E-state index in [0.717, 1.165) is 102 Å². The molecular formula is C65H126Li4N10O2. The van der Waals surface area contributed by atoms with Crippen LogP contribution in [-0.2, 0) is 9.59 Å². The number of hydrogen-bond donors (Lipinski definition) is 2. The van der Waals surface area contributed by atoms with E-state index < -0.39 is 0 Å². The molecule has 0 unspecified atom stereocenters. The van der Waals surface area contributed by atoms with Crippen LogP contribution in [0.4, 0.5) is 0 Å². The molecule has 2 N–H and O–H groups in total. The molecule has 16 heteroatoms. The molecule has 9 rings (SSSR count). The summed E-state index contributed by atoms with van der Waals surface area (Å²) in [6.07, 6.45) is 37.9. The topological polar surface area (TPSA) is 106 Å². The Hall–Kier alpha value is -0.0304. The number of rotatable bonds is 12. The molecule has 2 amide bonds. The van der Waals surface area contributed by atoms with Crippen LogP contribution in [0.3, 0.4) is 0 Å². The zero-order valence-corrected chi connectivity index (χ0v) is 55.7. The molecule has 0 atom stereocenters. The largest absolute Gasteiger partial charge is 1.00 e. The molecule has 0 bridgehead atoms. The van der Waals surface area contributed by atoms with Crippen LogP contribution in [-0.4, -0.2) is 197 Å². The Morgan fingerprint density at radius 2 is 0.827 bits per heavy atom. The van der Waals surface area contributed by atoms with Crippen molar-refractivity contribution in [2.75, 3.05) is 132 Å². The molecule has 0 aliphatic carbocycles. The number of carbonyl (C=O) groups is 2. The van der Waals surface area contributed by atoms with Gasteiger partial charge in [-0.05, 0) is 156 Å². The molecule has 9 fully saturated rings. The Balaban J connectivity index is -0.000000275. The molecule has 9 heterocycles. The van der Waals surface area contributed by atoms with E-state index in [-0.39, 0.29) is 75.4 Å². The first-order valence-electron chi connectivity index (χ1n) is 31.7. The molecule has 452 valence electrons. The van der Waals surface area contributed by atoms with Gasteiger partial charge in [0.05, 0.1) is 0 Å². The average molecular weight is 1110 g/mol. The number of hydrogen-bond acceptors (Lipinski definition) is 8. The first-order chi connectivity index (χ1) is 37.6. The minimum Gasteiger partial charge on any atom is -0.662 e. The van der Waals surface area contributed by atoms with Gasteiger partial charge in [0, 0.05) is 70.2 Å². The van der Waals surface area contributed by atoms with E-state index in [2.05, 4.69) is 109 Å². The molecule has 9 aliphatic rings. The minimum absolute atomic E-state index is 0. The van der Waals surface area contributed by atoms with Crippen molar-refractivity contribution in [1.29, 1.82) is 0 Å². The van der Waals surface area contributed by atoms with Crippen LogP contribution in [0.2, 0.25) is 0 Å². The molecule has 0 aromatic heterocycles. The van der Waals surface area contributed by atoms with E-state index in [1.165, 1.54) is 194 Å². The monoisotopic (exact) mass is 1110 g/mol. The van der Waals surface area contributed by atoms with E-state index >= 15 is 0 Å². The van der Waals surface area contributed by atoms with Crippen LogP contribution in [0.5, 0.6) is 0 Å². The van der Waals surface area contributed by atoms with Crippen LogP contribution in [0.1, 0.15) is 188 Å². The summed E-state index contributed by atoms with van der Waals surface area (Å²) >= 11 is 0. The molecule has 81 heavy (non-hydrogen) atoms. The van der Waals surface area contributed by atoms with Gasteiger partial charge >= 0.3 is 75.4 Å². The van der Waals surface area contributed by atoms with Crippen molar-refractivity contribution in [3.8, 4) is 0 Å². The summed E-state index contributed by atoms with van der Waals surface area (Å²) in [6.45, 7) is 50.5. The molecule has 0 spiro atoms. The molecular weight excluding hydrogens is 981 g/mol. The Kier molecular flexibility index (Phi) is 73.0. The van der Waals surface area contributed by atoms with Gasteiger partial charge in [0.15, 0.2) is 0 Å². The first kappa shape index (κ1) is 89.7. The first-order valence-corrected chi connectivity index (χ1v) is 31.7. The zero-order valence-electron chi connectivity index (χ0n) is 55.7. The summed E-state index contributed by atoms with van der Waals surface area (Å²) in [4.78, 5) is 36.8. The third-order valence-electron chi connectivity index (χ3n) is 15.7. The number of nitrogens with one attached hydrogen (secondary N) is 2. The maximum absolute atomic E-state index is 11.9.